The van der Waals surface area contributed by atoms with Gasteiger partial charge in [0.1, 0.15) is 5.60 Å². The fourth-order valence-corrected chi connectivity index (χ4v) is 2.12. The van der Waals surface area contributed by atoms with Gasteiger partial charge in [0.25, 0.3) is 0 Å². The van der Waals surface area contributed by atoms with Crippen LogP contribution in [-0.2, 0) is 14.8 Å². The van der Waals surface area contributed by atoms with Gasteiger partial charge in [0, 0.05) is 19.6 Å². The van der Waals surface area contributed by atoms with Crippen molar-refractivity contribution in [2.75, 3.05) is 18.9 Å². The number of ether oxygens (including phenoxy) is 1. The first-order valence-corrected chi connectivity index (χ1v) is 6.23. The Balaban J connectivity index is 2.54. The van der Waals surface area contributed by atoms with E-state index in [1.54, 1.807) is 13.0 Å². The molecule has 1 rings (SSSR count). The highest BCUT2D eigenvalue weighted by molar-refractivity contribution is 7.89. The predicted molar refractivity (Wildman–Crippen MR) is 52.4 cm³/mol. The Hall–Kier alpha value is -0.680. The lowest BCUT2D eigenvalue weighted by Crippen LogP contribution is -2.47. The molecule has 0 amide bonds. The van der Waals surface area contributed by atoms with Gasteiger partial charge in [-0.15, -0.1) is 0 Å². The topological polar surface area (TPSA) is 99.4 Å². The minimum absolute atomic E-state index is 0.113. The molecule has 1 aliphatic rings. The van der Waals surface area contributed by atoms with Gasteiger partial charge >= 0.3 is 0 Å². The molecule has 0 saturated carbocycles. The number of rotatable bonds is 4. The Bertz CT molecular complexity index is 361. The molecule has 7 heteroatoms. The maximum absolute atomic E-state index is 11.2. The third kappa shape index (κ3) is 3.14. The first-order valence-electron chi connectivity index (χ1n) is 4.58. The molecule has 1 fully saturated rings. The van der Waals surface area contributed by atoms with Crippen molar-refractivity contribution < 1.29 is 18.3 Å². The molecule has 0 spiro atoms. The summed E-state index contributed by atoms with van der Waals surface area (Å²) < 4.78 is 29.6. The fraction of sp³-hybridized carbons (Fsp3) is 0.875. The number of nitriles is 1. The summed E-state index contributed by atoms with van der Waals surface area (Å²) in [6, 6.07) is 1.54. The quantitative estimate of drug-likeness (QED) is 0.648. The summed E-state index contributed by atoms with van der Waals surface area (Å²) in [5.74, 6) is -0.599. The minimum atomic E-state index is -3.61. The molecule has 86 valence electrons. The monoisotopic (exact) mass is 234 g/mol. The molecule has 2 atom stereocenters. The number of hydrogen-bond acceptors (Lipinski definition) is 5. The Labute approximate surface area is 88.9 Å². The lowest BCUT2D eigenvalue weighted by molar-refractivity contribution is -0.0228. The van der Waals surface area contributed by atoms with Crippen molar-refractivity contribution in [1.82, 2.24) is 4.72 Å². The third-order valence-electron chi connectivity index (χ3n) is 2.51. The van der Waals surface area contributed by atoms with E-state index in [2.05, 4.69) is 4.72 Å². The van der Waals surface area contributed by atoms with E-state index in [4.69, 9.17) is 10.00 Å². The van der Waals surface area contributed by atoms with Gasteiger partial charge in [-0.05, 0) is 6.92 Å². The van der Waals surface area contributed by atoms with Crippen molar-refractivity contribution in [2.24, 2.45) is 0 Å². The number of sulfonamides is 1. The summed E-state index contributed by atoms with van der Waals surface area (Å²) in [6.45, 7) is 1.99. The van der Waals surface area contributed by atoms with E-state index < -0.39 is 27.5 Å². The van der Waals surface area contributed by atoms with Crippen LogP contribution < -0.4 is 4.72 Å². The van der Waals surface area contributed by atoms with Gasteiger partial charge in [-0.1, -0.05) is 0 Å². The maximum Gasteiger partial charge on any atom is 0.225 e. The molecule has 1 heterocycles. The molecule has 0 aromatic rings. The summed E-state index contributed by atoms with van der Waals surface area (Å²) >= 11 is 0. The SMILES string of the molecule is CC1OCCC1(O)CNS(=O)(=O)CC#N. The molecular formula is C8H14N2O4S. The van der Waals surface area contributed by atoms with Gasteiger partial charge < -0.3 is 9.84 Å². The zero-order valence-electron chi connectivity index (χ0n) is 8.43. The number of aliphatic hydroxyl groups is 1. The molecule has 1 saturated heterocycles. The smallest absolute Gasteiger partial charge is 0.225 e. The van der Waals surface area contributed by atoms with Crippen LogP contribution in [-0.4, -0.2) is 44.1 Å². The van der Waals surface area contributed by atoms with Crippen molar-refractivity contribution in [2.45, 2.75) is 25.0 Å². The molecule has 1 aliphatic heterocycles. The Morgan fingerprint density at radius 2 is 2.40 bits per heavy atom. The molecule has 15 heavy (non-hydrogen) atoms. The summed E-state index contributed by atoms with van der Waals surface area (Å²) in [6.07, 6.45) is -0.00856. The summed E-state index contributed by atoms with van der Waals surface area (Å²) in [7, 11) is -3.61. The van der Waals surface area contributed by atoms with Crippen molar-refractivity contribution in [3.63, 3.8) is 0 Å². The maximum atomic E-state index is 11.2. The van der Waals surface area contributed by atoms with Crippen LogP contribution in [0.2, 0.25) is 0 Å². The van der Waals surface area contributed by atoms with E-state index in [-0.39, 0.29) is 6.54 Å². The average molecular weight is 234 g/mol. The second-order valence-electron chi connectivity index (χ2n) is 3.60. The predicted octanol–water partition coefficient (Wildman–Crippen LogP) is -1.03. The van der Waals surface area contributed by atoms with Crippen LogP contribution in [0.15, 0.2) is 0 Å². The van der Waals surface area contributed by atoms with Gasteiger partial charge in [0.2, 0.25) is 10.0 Å². The standard InChI is InChI=1S/C8H14N2O4S/c1-7-8(11,2-4-14-7)6-10-15(12,13)5-3-9/h7,10-11H,2,4-6H2,1H3. The van der Waals surface area contributed by atoms with Gasteiger partial charge in [-0.2, -0.15) is 5.26 Å². The van der Waals surface area contributed by atoms with Crippen molar-refractivity contribution in [3.8, 4) is 6.07 Å². The first-order chi connectivity index (χ1) is 6.90. The molecular weight excluding hydrogens is 220 g/mol. The fourth-order valence-electron chi connectivity index (χ4n) is 1.37. The lowest BCUT2D eigenvalue weighted by Gasteiger charge is -2.25. The second-order valence-corrected chi connectivity index (χ2v) is 5.41. The van der Waals surface area contributed by atoms with Crippen molar-refractivity contribution in [1.29, 1.82) is 5.26 Å². The van der Waals surface area contributed by atoms with Gasteiger partial charge in [0.05, 0.1) is 12.2 Å². The summed E-state index contributed by atoms with van der Waals surface area (Å²) in [5, 5.41) is 18.2. The van der Waals surface area contributed by atoms with Gasteiger partial charge in [0.15, 0.2) is 5.75 Å². The molecule has 2 N–H and O–H groups in total. The zero-order valence-corrected chi connectivity index (χ0v) is 9.25. The third-order valence-corrected chi connectivity index (χ3v) is 3.61. The largest absolute Gasteiger partial charge is 0.386 e. The van der Waals surface area contributed by atoms with Gasteiger partial charge in [-0.25, -0.2) is 13.1 Å². The molecule has 0 radical (unpaired) electrons. The Morgan fingerprint density at radius 1 is 1.73 bits per heavy atom. The highest BCUT2D eigenvalue weighted by Crippen LogP contribution is 2.24. The summed E-state index contributed by atoms with van der Waals surface area (Å²) in [4.78, 5) is 0. The normalized spacial score (nSPS) is 31.4. The number of hydrogen-bond donors (Lipinski definition) is 2. The molecule has 0 aromatic heterocycles. The highest BCUT2D eigenvalue weighted by Gasteiger charge is 2.40. The summed E-state index contributed by atoms with van der Waals surface area (Å²) in [5.41, 5.74) is -1.16. The second kappa shape index (κ2) is 4.45. The van der Waals surface area contributed by atoms with E-state index in [9.17, 15) is 13.5 Å². The van der Waals surface area contributed by atoms with Crippen LogP contribution >= 0.6 is 0 Å². The lowest BCUT2D eigenvalue weighted by atomic mass is 9.97. The van der Waals surface area contributed by atoms with Crippen LogP contribution in [0.5, 0.6) is 0 Å². The highest BCUT2D eigenvalue weighted by atomic mass is 32.2. The molecule has 0 aliphatic carbocycles. The molecule has 0 aromatic carbocycles. The zero-order chi connectivity index (χ0) is 11.5. The Morgan fingerprint density at radius 3 is 2.87 bits per heavy atom. The van der Waals surface area contributed by atoms with Crippen molar-refractivity contribution >= 4 is 10.0 Å². The minimum Gasteiger partial charge on any atom is -0.386 e. The van der Waals surface area contributed by atoms with Crippen LogP contribution in [0.1, 0.15) is 13.3 Å². The van der Waals surface area contributed by atoms with Crippen LogP contribution in [0.4, 0.5) is 0 Å². The van der Waals surface area contributed by atoms with E-state index in [0.29, 0.717) is 13.0 Å². The molecule has 2 unspecified atom stereocenters. The van der Waals surface area contributed by atoms with Crippen LogP contribution in [0.3, 0.4) is 0 Å². The molecule has 0 bridgehead atoms. The van der Waals surface area contributed by atoms with Gasteiger partial charge in [-0.3, -0.25) is 0 Å². The van der Waals surface area contributed by atoms with E-state index >= 15 is 0 Å². The van der Waals surface area contributed by atoms with E-state index in [1.807, 2.05) is 0 Å². The Kier molecular flexibility index (Phi) is 3.67. The number of nitrogens with one attached hydrogen (secondary N) is 1. The van der Waals surface area contributed by atoms with Crippen LogP contribution in [0, 0.1) is 11.3 Å². The van der Waals surface area contributed by atoms with E-state index in [1.165, 1.54) is 0 Å². The van der Waals surface area contributed by atoms with Crippen molar-refractivity contribution in [3.05, 3.63) is 0 Å². The average Bonchev–Trinajstić information content (AvgIpc) is 2.45. The molecule has 6 nitrogen and oxygen atoms in total. The van der Waals surface area contributed by atoms with E-state index in [0.717, 1.165) is 0 Å². The number of nitrogens with zero attached hydrogens (tertiary/aromatic N) is 1. The first kappa shape index (κ1) is 12.4. The van der Waals surface area contributed by atoms with Crippen LogP contribution in [0.25, 0.3) is 0 Å².